The van der Waals surface area contributed by atoms with E-state index in [4.69, 9.17) is 0 Å². The van der Waals surface area contributed by atoms with E-state index in [1.54, 1.807) is 11.8 Å². The highest BCUT2D eigenvalue weighted by atomic mass is 32.2. The number of thioether (sulfide) groups is 1. The third kappa shape index (κ3) is 1.58. The Hall–Kier alpha value is -0.450. The Morgan fingerprint density at radius 2 is 2.29 bits per heavy atom. The molecule has 0 N–H and O–H groups in total. The minimum absolute atomic E-state index is 0.761. The van der Waals surface area contributed by atoms with Crippen molar-refractivity contribution in [3.63, 3.8) is 0 Å². The van der Waals surface area contributed by atoms with Gasteiger partial charge in [0.15, 0.2) is 6.29 Å². The van der Waals surface area contributed by atoms with E-state index in [1.165, 1.54) is 16.2 Å². The number of thiol groups is 1. The number of aldehydes is 1. The minimum Gasteiger partial charge on any atom is -0.297 e. The van der Waals surface area contributed by atoms with E-state index in [-0.39, 0.29) is 0 Å². The van der Waals surface area contributed by atoms with E-state index in [9.17, 15) is 4.79 Å². The predicted octanol–water partition coefficient (Wildman–Crippen LogP) is 3.72. The Morgan fingerprint density at radius 3 is 2.93 bits per heavy atom. The van der Waals surface area contributed by atoms with E-state index in [0.717, 1.165) is 26.1 Å². The van der Waals surface area contributed by atoms with Gasteiger partial charge in [-0.1, -0.05) is 0 Å². The molecule has 0 aliphatic heterocycles. The molecular formula is C10H8OS3. The molecule has 0 unspecified atom stereocenters. The van der Waals surface area contributed by atoms with Crippen LogP contribution in [0.1, 0.15) is 9.67 Å². The molecule has 0 aliphatic rings. The Labute approximate surface area is 95.9 Å². The Balaban J connectivity index is 2.81. The molecule has 0 aliphatic carbocycles. The van der Waals surface area contributed by atoms with Crippen molar-refractivity contribution >= 4 is 52.1 Å². The van der Waals surface area contributed by atoms with E-state index < -0.39 is 0 Å². The summed E-state index contributed by atoms with van der Waals surface area (Å²) in [6.07, 6.45) is 2.93. The van der Waals surface area contributed by atoms with Gasteiger partial charge < -0.3 is 0 Å². The van der Waals surface area contributed by atoms with Gasteiger partial charge in [0.1, 0.15) is 0 Å². The van der Waals surface area contributed by atoms with Gasteiger partial charge in [-0.15, -0.1) is 35.7 Å². The van der Waals surface area contributed by atoms with Crippen LogP contribution < -0.4 is 0 Å². The zero-order valence-electron chi connectivity index (χ0n) is 7.48. The molecule has 0 amide bonds. The number of thiophene rings is 1. The summed E-state index contributed by atoms with van der Waals surface area (Å²) in [5.74, 6) is 0. The highest BCUT2D eigenvalue weighted by Gasteiger charge is 2.07. The highest BCUT2D eigenvalue weighted by molar-refractivity contribution is 7.99. The number of carbonyl (C=O) groups is 1. The fraction of sp³-hybridized carbons (Fsp3) is 0.100. The molecule has 1 aromatic carbocycles. The van der Waals surface area contributed by atoms with E-state index in [2.05, 4.69) is 12.6 Å². The Morgan fingerprint density at radius 1 is 1.50 bits per heavy atom. The Kier molecular flexibility index (Phi) is 2.85. The van der Waals surface area contributed by atoms with Crippen LogP contribution in [0.4, 0.5) is 0 Å². The molecule has 4 heteroatoms. The van der Waals surface area contributed by atoms with Crippen molar-refractivity contribution in [2.75, 3.05) is 6.26 Å². The summed E-state index contributed by atoms with van der Waals surface area (Å²) >= 11 is 7.59. The lowest BCUT2D eigenvalue weighted by Crippen LogP contribution is -1.72. The summed E-state index contributed by atoms with van der Waals surface area (Å²) in [6.45, 7) is 0. The van der Waals surface area contributed by atoms with E-state index >= 15 is 0 Å². The van der Waals surface area contributed by atoms with Crippen molar-refractivity contribution in [2.45, 2.75) is 9.79 Å². The van der Waals surface area contributed by atoms with Crippen LogP contribution in [0.15, 0.2) is 28.0 Å². The maximum absolute atomic E-state index is 10.7. The second-order valence-electron chi connectivity index (χ2n) is 2.80. The molecule has 1 aromatic heterocycles. The zero-order valence-corrected chi connectivity index (χ0v) is 10.0. The second-order valence-corrected chi connectivity index (χ2v) is 5.21. The van der Waals surface area contributed by atoms with Crippen LogP contribution in [0.5, 0.6) is 0 Å². The number of hydrogen-bond acceptors (Lipinski definition) is 4. The normalized spacial score (nSPS) is 10.7. The van der Waals surface area contributed by atoms with Crippen LogP contribution in [0.25, 0.3) is 10.1 Å². The molecule has 2 rings (SSSR count). The average molecular weight is 240 g/mol. The van der Waals surface area contributed by atoms with Crippen LogP contribution in [-0.4, -0.2) is 12.5 Å². The molecule has 0 spiro atoms. The molecule has 0 atom stereocenters. The summed E-state index contributed by atoms with van der Waals surface area (Å²) in [5, 5.41) is 1.08. The van der Waals surface area contributed by atoms with E-state index in [1.807, 2.05) is 24.5 Å². The van der Waals surface area contributed by atoms with Gasteiger partial charge in [-0.05, 0) is 24.5 Å². The standard InChI is InChI=1S/C10H8OS3/c1-13-9-3-2-8(12)7-4-6(5-11)14-10(7)9/h2-5,12H,1H3. The maximum Gasteiger partial charge on any atom is 0.160 e. The van der Waals surface area contributed by atoms with Crippen molar-refractivity contribution < 1.29 is 4.79 Å². The first-order valence-corrected chi connectivity index (χ1v) is 6.50. The first kappa shape index (κ1) is 10.1. The summed E-state index contributed by atoms with van der Waals surface area (Å²) in [6, 6.07) is 5.91. The largest absolute Gasteiger partial charge is 0.297 e. The maximum atomic E-state index is 10.7. The van der Waals surface area contributed by atoms with Gasteiger partial charge in [0.25, 0.3) is 0 Å². The fourth-order valence-electron chi connectivity index (χ4n) is 1.32. The number of carbonyl (C=O) groups excluding carboxylic acids is 1. The van der Waals surface area contributed by atoms with Gasteiger partial charge in [0.2, 0.25) is 0 Å². The molecule has 1 nitrogen and oxygen atoms in total. The fourth-order valence-corrected chi connectivity index (χ4v) is 3.43. The summed E-state index contributed by atoms with van der Waals surface area (Å²) in [4.78, 5) is 13.6. The van der Waals surface area contributed by atoms with Gasteiger partial charge in [0, 0.05) is 19.9 Å². The molecule has 0 fully saturated rings. The molecule has 0 saturated carbocycles. The summed E-state index contributed by atoms with van der Waals surface area (Å²) in [7, 11) is 0. The molecular weight excluding hydrogens is 232 g/mol. The Bertz CT molecular complexity index is 487. The first-order valence-electron chi connectivity index (χ1n) is 4.01. The number of hydrogen-bond donors (Lipinski definition) is 1. The van der Waals surface area contributed by atoms with Crippen molar-refractivity contribution in [1.82, 2.24) is 0 Å². The van der Waals surface area contributed by atoms with Gasteiger partial charge in [-0.3, -0.25) is 4.79 Å². The quantitative estimate of drug-likeness (QED) is 0.489. The SMILES string of the molecule is CSc1ccc(S)c2cc(C=O)sc12. The molecule has 2 aromatic rings. The highest BCUT2D eigenvalue weighted by Crippen LogP contribution is 2.36. The molecule has 14 heavy (non-hydrogen) atoms. The van der Waals surface area contributed by atoms with Crippen molar-refractivity contribution in [1.29, 1.82) is 0 Å². The molecule has 0 bridgehead atoms. The lowest BCUT2D eigenvalue weighted by atomic mass is 10.2. The average Bonchev–Trinajstić information content (AvgIpc) is 2.63. The van der Waals surface area contributed by atoms with Gasteiger partial charge in [0.05, 0.1) is 4.88 Å². The first-order chi connectivity index (χ1) is 6.76. The van der Waals surface area contributed by atoms with E-state index in [0.29, 0.717) is 0 Å². The van der Waals surface area contributed by atoms with Crippen LogP contribution >= 0.6 is 35.7 Å². The lowest BCUT2D eigenvalue weighted by molar-refractivity contribution is 0.112. The summed E-state index contributed by atoms with van der Waals surface area (Å²) in [5.41, 5.74) is 0. The second kappa shape index (κ2) is 3.96. The molecule has 1 heterocycles. The topological polar surface area (TPSA) is 17.1 Å². The molecule has 72 valence electrons. The van der Waals surface area contributed by atoms with Crippen molar-refractivity contribution in [2.24, 2.45) is 0 Å². The van der Waals surface area contributed by atoms with Crippen molar-refractivity contribution in [3.05, 3.63) is 23.1 Å². The van der Waals surface area contributed by atoms with Gasteiger partial charge in [-0.25, -0.2) is 0 Å². The van der Waals surface area contributed by atoms with Crippen molar-refractivity contribution in [3.8, 4) is 0 Å². The number of benzene rings is 1. The lowest BCUT2D eigenvalue weighted by Gasteiger charge is -1.99. The molecule has 0 radical (unpaired) electrons. The van der Waals surface area contributed by atoms with Crippen LogP contribution in [0, 0.1) is 0 Å². The summed E-state index contributed by atoms with van der Waals surface area (Å²) < 4.78 is 1.16. The third-order valence-electron chi connectivity index (χ3n) is 1.98. The monoisotopic (exact) mass is 240 g/mol. The number of rotatable bonds is 2. The third-order valence-corrected chi connectivity index (χ3v) is 4.37. The van der Waals surface area contributed by atoms with Gasteiger partial charge in [-0.2, -0.15) is 0 Å². The zero-order chi connectivity index (χ0) is 10.1. The predicted molar refractivity (Wildman–Crippen MR) is 66.2 cm³/mol. The molecule has 0 saturated heterocycles. The number of fused-ring (bicyclic) bond motifs is 1. The van der Waals surface area contributed by atoms with Crippen LogP contribution in [0.3, 0.4) is 0 Å². The van der Waals surface area contributed by atoms with Crippen LogP contribution in [-0.2, 0) is 0 Å². The van der Waals surface area contributed by atoms with Gasteiger partial charge >= 0.3 is 0 Å². The smallest absolute Gasteiger partial charge is 0.160 e. The minimum atomic E-state index is 0.761. The van der Waals surface area contributed by atoms with Crippen LogP contribution in [0.2, 0.25) is 0 Å².